The summed E-state index contributed by atoms with van der Waals surface area (Å²) in [5, 5.41) is 8.23. The number of aliphatic hydroxyl groups is 1. The molecular weight excluding hydrogens is 206 g/mol. The van der Waals surface area contributed by atoms with Crippen LogP contribution in [-0.2, 0) is 4.74 Å². The van der Waals surface area contributed by atoms with Gasteiger partial charge >= 0.3 is 12.4 Å². The molecule has 0 rings (SSSR count). The summed E-state index contributed by atoms with van der Waals surface area (Å²) < 4.78 is 73.0. The lowest BCUT2D eigenvalue weighted by Gasteiger charge is -2.24. The van der Waals surface area contributed by atoms with Crippen LogP contribution in [0.3, 0.4) is 0 Å². The quantitative estimate of drug-likeness (QED) is 0.559. The molecule has 0 radical (unpaired) electrons. The van der Waals surface area contributed by atoms with Crippen LogP contribution in [0.15, 0.2) is 0 Å². The van der Waals surface area contributed by atoms with Crippen molar-refractivity contribution in [3.63, 3.8) is 0 Å². The van der Waals surface area contributed by atoms with Gasteiger partial charge in [0.1, 0.15) is 0 Å². The Balaban J connectivity index is 4.58. The van der Waals surface area contributed by atoms with Gasteiger partial charge in [0.05, 0.1) is 0 Å². The third-order valence-electron chi connectivity index (χ3n) is 0.928. The van der Waals surface area contributed by atoms with Crippen molar-refractivity contribution in [2.75, 3.05) is 0 Å². The van der Waals surface area contributed by atoms with Crippen molar-refractivity contribution in [1.29, 1.82) is 0 Å². The highest BCUT2D eigenvalue weighted by atomic mass is 19.4. The summed E-state index contributed by atoms with van der Waals surface area (Å²) in [5.74, 6) is 0. The molecule has 0 amide bonds. The monoisotopic (exact) mass is 212 g/mol. The topological polar surface area (TPSA) is 29.5 Å². The van der Waals surface area contributed by atoms with Gasteiger partial charge < -0.3 is 9.84 Å². The van der Waals surface area contributed by atoms with Crippen LogP contribution in [0.25, 0.3) is 0 Å². The van der Waals surface area contributed by atoms with Gasteiger partial charge in [-0.1, -0.05) is 0 Å². The van der Waals surface area contributed by atoms with Gasteiger partial charge in [0.2, 0.25) is 0 Å². The average molecular weight is 212 g/mol. The number of halogens is 6. The molecule has 80 valence electrons. The van der Waals surface area contributed by atoms with Crippen LogP contribution in [0.1, 0.15) is 6.92 Å². The molecule has 0 aromatic carbocycles. The molecule has 0 fully saturated rings. The van der Waals surface area contributed by atoms with E-state index in [0.29, 0.717) is 6.92 Å². The maximum atomic E-state index is 11.6. The van der Waals surface area contributed by atoms with Gasteiger partial charge in [0.25, 0.3) is 6.10 Å². The summed E-state index contributed by atoms with van der Waals surface area (Å²) in [6.45, 7) is 0.657. The van der Waals surface area contributed by atoms with Crippen molar-refractivity contribution >= 4 is 0 Å². The van der Waals surface area contributed by atoms with E-state index in [1.54, 1.807) is 0 Å². The van der Waals surface area contributed by atoms with Gasteiger partial charge in [-0.15, -0.1) is 0 Å². The predicted molar refractivity (Wildman–Crippen MR) is 28.7 cm³/mol. The number of rotatable bonds is 2. The van der Waals surface area contributed by atoms with Crippen LogP contribution < -0.4 is 0 Å². The fourth-order valence-corrected chi connectivity index (χ4v) is 0.537. The Bertz CT molecular complexity index is 145. The molecule has 0 heterocycles. The van der Waals surface area contributed by atoms with Gasteiger partial charge in [-0.25, -0.2) is 0 Å². The minimum Gasteiger partial charge on any atom is -0.368 e. The van der Waals surface area contributed by atoms with Crippen LogP contribution in [0.5, 0.6) is 0 Å². The molecule has 0 saturated carbocycles. The van der Waals surface area contributed by atoms with Crippen molar-refractivity contribution in [1.82, 2.24) is 0 Å². The molecule has 8 heteroatoms. The number of aliphatic hydroxyl groups excluding tert-OH is 1. The number of ether oxygens (including phenoxy) is 1. The molecule has 0 spiro atoms. The van der Waals surface area contributed by atoms with Gasteiger partial charge in [0.15, 0.2) is 6.29 Å². The summed E-state index contributed by atoms with van der Waals surface area (Å²) in [7, 11) is 0. The minimum atomic E-state index is -5.57. The molecule has 0 aliphatic heterocycles. The number of alkyl halides is 6. The van der Waals surface area contributed by atoms with Crippen LogP contribution in [0, 0.1) is 0 Å². The Hall–Kier alpha value is -0.500. The molecule has 0 aromatic heterocycles. The summed E-state index contributed by atoms with van der Waals surface area (Å²) >= 11 is 0. The maximum absolute atomic E-state index is 11.6. The second-order valence-corrected chi connectivity index (χ2v) is 2.20. The lowest BCUT2D eigenvalue weighted by atomic mass is 10.3. The highest BCUT2D eigenvalue weighted by Gasteiger charge is 2.58. The van der Waals surface area contributed by atoms with Crippen molar-refractivity contribution < 1.29 is 36.2 Å². The highest BCUT2D eigenvalue weighted by molar-refractivity contribution is 4.75. The molecule has 2 nitrogen and oxygen atoms in total. The second-order valence-electron chi connectivity index (χ2n) is 2.20. The standard InChI is InChI=1S/C5H6F6O2/c1-2(12)13-3(4(6,7)8)5(9,10)11/h2-3,12H,1H3. The molecule has 0 aliphatic carbocycles. The molecule has 1 N–H and O–H groups in total. The van der Waals surface area contributed by atoms with E-state index in [9.17, 15) is 26.3 Å². The maximum Gasteiger partial charge on any atom is 0.423 e. The largest absolute Gasteiger partial charge is 0.423 e. The lowest BCUT2D eigenvalue weighted by molar-refractivity contribution is -0.346. The third kappa shape index (κ3) is 4.32. The van der Waals surface area contributed by atoms with E-state index in [-0.39, 0.29) is 0 Å². The summed E-state index contributed by atoms with van der Waals surface area (Å²) in [6.07, 6.45) is -17.2. The Morgan fingerprint density at radius 3 is 1.38 bits per heavy atom. The second kappa shape index (κ2) is 3.70. The first-order valence-electron chi connectivity index (χ1n) is 3.02. The predicted octanol–water partition coefficient (Wildman–Crippen LogP) is 1.83. The molecule has 1 atom stereocenters. The van der Waals surface area contributed by atoms with E-state index in [1.165, 1.54) is 0 Å². The summed E-state index contributed by atoms with van der Waals surface area (Å²) in [5.41, 5.74) is 0. The third-order valence-corrected chi connectivity index (χ3v) is 0.928. The van der Waals surface area contributed by atoms with Gasteiger partial charge in [-0.3, -0.25) is 0 Å². The van der Waals surface area contributed by atoms with Crippen molar-refractivity contribution in [3.8, 4) is 0 Å². The Morgan fingerprint density at radius 2 is 1.31 bits per heavy atom. The van der Waals surface area contributed by atoms with E-state index in [1.807, 2.05) is 0 Å². The molecule has 1 unspecified atom stereocenters. The Labute approximate surface area is 69.1 Å². The van der Waals surface area contributed by atoms with E-state index < -0.39 is 24.7 Å². The smallest absolute Gasteiger partial charge is 0.368 e. The van der Waals surface area contributed by atoms with Gasteiger partial charge in [-0.2, -0.15) is 26.3 Å². The molecule has 13 heavy (non-hydrogen) atoms. The average Bonchev–Trinajstić information content (AvgIpc) is 1.77. The van der Waals surface area contributed by atoms with Gasteiger partial charge in [-0.05, 0) is 6.92 Å². The van der Waals surface area contributed by atoms with E-state index >= 15 is 0 Å². The Kier molecular flexibility index (Phi) is 3.56. The molecule has 0 aliphatic rings. The van der Waals surface area contributed by atoms with E-state index in [2.05, 4.69) is 4.74 Å². The van der Waals surface area contributed by atoms with Crippen LogP contribution in [0.2, 0.25) is 0 Å². The van der Waals surface area contributed by atoms with Crippen LogP contribution >= 0.6 is 0 Å². The first-order valence-corrected chi connectivity index (χ1v) is 3.02. The first-order chi connectivity index (χ1) is 5.55. The zero-order valence-electron chi connectivity index (χ0n) is 6.28. The highest BCUT2D eigenvalue weighted by Crippen LogP contribution is 2.35. The molecule has 0 aromatic rings. The van der Waals surface area contributed by atoms with Crippen LogP contribution in [-0.4, -0.2) is 29.9 Å². The molecule has 0 saturated heterocycles. The SMILES string of the molecule is CC(O)OC(C(F)(F)F)C(F)(F)F. The summed E-state index contributed by atoms with van der Waals surface area (Å²) in [6, 6.07) is 0. The summed E-state index contributed by atoms with van der Waals surface area (Å²) in [4.78, 5) is 0. The zero-order valence-corrected chi connectivity index (χ0v) is 6.28. The van der Waals surface area contributed by atoms with Crippen molar-refractivity contribution in [2.24, 2.45) is 0 Å². The minimum absolute atomic E-state index is 0.657. The number of hydrogen-bond acceptors (Lipinski definition) is 2. The van der Waals surface area contributed by atoms with E-state index in [4.69, 9.17) is 5.11 Å². The van der Waals surface area contributed by atoms with Crippen LogP contribution in [0.4, 0.5) is 26.3 Å². The zero-order chi connectivity index (χ0) is 10.9. The molecule has 0 bridgehead atoms. The molecular formula is C5H6F6O2. The van der Waals surface area contributed by atoms with Gasteiger partial charge in [0, 0.05) is 0 Å². The normalized spacial score (nSPS) is 16.4. The fourth-order valence-electron chi connectivity index (χ4n) is 0.537. The van der Waals surface area contributed by atoms with Crippen molar-refractivity contribution in [3.05, 3.63) is 0 Å². The number of hydrogen-bond donors (Lipinski definition) is 1. The first kappa shape index (κ1) is 12.5. The Morgan fingerprint density at radius 1 is 1.00 bits per heavy atom. The fraction of sp³-hybridized carbons (Fsp3) is 1.00. The lowest BCUT2D eigenvalue weighted by Crippen LogP contribution is -2.46. The van der Waals surface area contributed by atoms with Crippen molar-refractivity contribution in [2.45, 2.75) is 31.7 Å². The van der Waals surface area contributed by atoms with E-state index in [0.717, 1.165) is 0 Å².